The number of halogens is 1. The fourth-order valence-corrected chi connectivity index (χ4v) is 3.88. The van der Waals surface area contributed by atoms with E-state index in [1.54, 1.807) is 21.6 Å². The van der Waals surface area contributed by atoms with Gasteiger partial charge in [-0.15, -0.1) is 0 Å². The summed E-state index contributed by atoms with van der Waals surface area (Å²) in [4.78, 5) is 31.1. The fraction of sp³-hybridized carbons (Fsp3) is 0.190. The summed E-state index contributed by atoms with van der Waals surface area (Å²) in [5, 5.41) is 0.559. The van der Waals surface area contributed by atoms with Crippen molar-refractivity contribution in [2.45, 2.75) is 11.6 Å². The van der Waals surface area contributed by atoms with E-state index in [0.29, 0.717) is 17.4 Å². The van der Waals surface area contributed by atoms with Crippen LogP contribution in [0.4, 0.5) is 10.1 Å². The summed E-state index contributed by atoms with van der Waals surface area (Å²) < 4.78 is 20.1. The number of amides is 1. The van der Waals surface area contributed by atoms with Crippen LogP contribution in [-0.2, 0) is 16.0 Å². The van der Waals surface area contributed by atoms with Crippen molar-refractivity contribution in [3.05, 3.63) is 71.8 Å². The van der Waals surface area contributed by atoms with Crippen LogP contribution in [0.2, 0.25) is 0 Å². The lowest BCUT2D eigenvalue weighted by Crippen LogP contribution is -2.33. The summed E-state index contributed by atoms with van der Waals surface area (Å²) in [6.45, 7) is 0.205. The first-order valence-corrected chi connectivity index (χ1v) is 10.2. The highest BCUT2D eigenvalue weighted by atomic mass is 32.2. The number of imidazole rings is 1. The largest absolute Gasteiger partial charge is 0.451 e. The third kappa shape index (κ3) is 3.75. The van der Waals surface area contributed by atoms with Gasteiger partial charge in [0, 0.05) is 17.9 Å². The molecule has 8 heteroatoms. The molecule has 2 heterocycles. The molecule has 0 unspecified atom stereocenters. The number of nitrogens with zero attached hydrogens (tertiary/aromatic N) is 3. The fourth-order valence-electron chi connectivity index (χ4n) is 3.34. The molecule has 3 aromatic rings. The van der Waals surface area contributed by atoms with E-state index in [1.165, 1.54) is 30.1 Å². The molecule has 0 atom stereocenters. The molecule has 0 aliphatic carbocycles. The van der Waals surface area contributed by atoms with Gasteiger partial charge >= 0.3 is 5.97 Å². The number of thioether (sulfide) groups is 1. The van der Waals surface area contributed by atoms with E-state index in [-0.39, 0.29) is 24.0 Å². The second-order valence-corrected chi connectivity index (χ2v) is 7.22. The van der Waals surface area contributed by atoms with Crippen LogP contribution in [0, 0.1) is 5.82 Å². The molecule has 2 aromatic carbocycles. The number of anilines is 1. The Balaban J connectivity index is 1.50. The summed E-state index contributed by atoms with van der Waals surface area (Å²) in [7, 11) is 0. The molecular formula is C21H18FN3O3S. The highest BCUT2D eigenvalue weighted by Crippen LogP contribution is 2.27. The molecule has 0 saturated heterocycles. The molecular weight excluding hydrogens is 393 g/mol. The SMILES string of the molecule is CSc1ncc(C(=O)OCC(=O)N2CCc3ccccc32)n1-c1ccc(F)cc1. The van der Waals surface area contributed by atoms with Crippen LogP contribution < -0.4 is 4.90 Å². The highest BCUT2D eigenvalue weighted by Gasteiger charge is 2.26. The molecule has 29 heavy (non-hydrogen) atoms. The van der Waals surface area contributed by atoms with Crippen molar-refractivity contribution >= 4 is 29.3 Å². The molecule has 0 saturated carbocycles. The monoisotopic (exact) mass is 411 g/mol. The standard InChI is InChI=1S/C21H18FN3O3S/c1-29-21-23-12-18(25(21)16-8-6-15(22)7-9-16)20(27)28-13-19(26)24-11-10-14-4-2-3-5-17(14)24/h2-9,12H,10-11,13H2,1H3. The van der Waals surface area contributed by atoms with Crippen LogP contribution in [0.25, 0.3) is 5.69 Å². The average molecular weight is 411 g/mol. The molecule has 0 N–H and O–H groups in total. The average Bonchev–Trinajstić information content (AvgIpc) is 3.36. The van der Waals surface area contributed by atoms with Gasteiger partial charge in [-0.25, -0.2) is 14.2 Å². The molecule has 1 aliphatic heterocycles. The van der Waals surface area contributed by atoms with E-state index in [2.05, 4.69) is 4.98 Å². The van der Waals surface area contributed by atoms with Gasteiger partial charge in [0.1, 0.15) is 5.82 Å². The molecule has 0 fully saturated rings. The predicted molar refractivity (Wildman–Crippen MR) is 108 cm³/mol. The van der Waals surface area contributed by atoms with Gasteiger partial charge in [-0.05, 0) is 48.6 Å². The zero-order chi connectivity index (χ0) is 20.4. The molecule has 1 aliphatic rings. The summed E-state index contributed by atoms with van der Waals surface area (Å²) in [5.74, 6) is -1.32. The van der Waals surface area contributed by atoms with Crippen molar-refractivity contribution in [2.24, 2.45) is 0 Å². The maximum atomic E-state index is 13.3. The number of benzene rings is 2. The third-order valence-electron chi connectivity index (χ3n) is 4.72. The normalized spacial score (nSPS) is 12.7. The number of ether oxygens (including phenoxy) is 1. The minimum atomic E-state index is -0.664. The Morgan fingerprint density at radius 1 is 1.17 bits per heavy atom. The molecule has 1 amide bonds. The zero-order valence-electron chi connectivity index (χ0n) is 15.7. The van der Waals surface area contributed by atoms with Crippen LogP contribution in [-0.4, -0.2) is 40.8 Å². The Hall–Kier alpha value is -3.13. The number of aromatic nitrogens is 2. The second kappa shape index (κ2) is 8.08. The van der Waals surface area contributed by atoms with Crippen molar-refractivity contribution in [1.29, 1.82) is 0 Å². The third-order valence-corrected chi connectivity index (χ3v) is 5.37. The maximum absolute atomic E-state index is 13.3. The van der Waals surface area contributed by atoms with E-state index >= 15 is 0 Å². The summed E-state index contributed by atoms with van der Waals surface area (Å²) in [5.41, 5.74) is 2.72. The molecule has 1 aromatic heterocycles. The van der Waals surface area contributed by atoms with Crippen LogP contribution in [0.5, 0.6) is 0 Å². The Morgan fingerprint density at radius 2 is 1.93 bits per heavy atom. The van der Waals surface area contributed by atoms with Crippen molar-refractivity contribution < 1.29 is 18.7 Å². The quantitative estimate of drug-likeness (QED) is 0.475. The lowest BCUT2D eigenvalue weighted by molar-refractivity contribution is -0.121. The first-order valence-electron chi connectivity index (χ1n) is 9.01. The molecule has 6 nitrogen and oxygen atoms in total. The van der Waals surface area contributed by atoms with Gasteiger partial charge in [-0.3, -0.25) is 9.36 Å². The topological polar surface area (TPSA) is 64.4 Å². The number of carbonyl (C=O) groups excluding carboxylic acids is 2. The van der Waals surface area contributed by atoms with Crippen molar-refractivity contribution in [3.8, 4) is 5.69 Å². The van der Waals surface area contributed by atoms with Gasteiger partial charge < -0.3 is 9.64 Å². The number of hydrogen-bond acceptors (Lipinski definition) is 5. The van der Waals surface area contributed by atoms with Crippen LogP contribution >= 0.6 is 11.8 Å². The molecule has 0 bridgehead atoms. The number of carbonyl (C=O) groups is 2. The summed E-state index contributed by atoms with van der Waals surface area (Å²) in [6.07, 6.45) is 4.00. The molecule has 4 rings (SSSR count). The van der Waals surface area contributed by atoms with Crippen LogP contribution in [0.3, 0.4) is 0 Å². The molecule has 148 valence electrons. The van der Waals surface area contributed by atoms with Crippen molar-refractivity contribution in [2.75, 3.05) is 24.3 Å². The lowest BCUT2D eigenvalue weighted by atomic mass is 10.2. The summed E-state index contributed by atoms with van der Waals surface area (Å²) in [6, 6.07) is 13.4. The molecule has 0 spiro atoms. The first kappa shape index (κ1) is 19.2. The smallest absolute Gasteiger partial charge is 0.357 e. The van der Waals surface area contributed by atoms with Crippen molar-refractivity contribution in [3.63, 3.8) is 0 Å². The van der Waals surface area contributed by atoms with Gasteiger partial charge in [-0.1, -0.05) is 30.0 Å². The number of hydrogen-bond donors (Lipinski definition) is 0. The highest BCUT2D eigenvalue weighted by molar-refractivity contribution is 7.98. The Kier molecular flexibility index (Phi) is 5.35. The summed E-state index contributed by atoms with van der Waals surface area (Å²) >= 11 is 1.34. The molecule has 0 radical (unpaired) electrons. The van der Waals surface area contributed by atoms with Gasteiger partial charge in [0.15, 0.2) is 17.5 Å². The van der Waals surface area contributed by atoms with Gasteiger partial charge in [0.25, 0.3) is 5.91 Å². The predicted octanol–water partition coefficient (Wildman–Crippen LogP) is 3.48. The minimum Gasteiger partial charge on any atom is -0.451 e. The number of para-hydroxylation sites is 1. The van der Waals surface area contributed by atoms with Gasteiger partial charge in [-0.2, -0.15) is 0 Å². The van der Waals surface area contributed by atoms with E-state index in [0.717, 1.165) is 17.7 Å². The number of fused-ring (bicyclic) bond motifs is 1. The van der Waals surface area contributed by atoms with Crippen LogP contribution in [0.1, 0.15) is 16.1 Å². The van der Waals surface area contributed by atoms with E-state index in [1.807, 2.05) is 30.5 Å². The van der Waals surface area contributed by atoms with Crippen LogP contribution in [0.15, 0.2) is 59.9 Å². The van der Waals surface area contributed by atoms with E-state index < -0.39 is 5.97 Å². The minimum absolute atomic E-state index is 0.176. The van der Waals surface area contributed by atoms with Gasteiger partial charge in [0.2, 0.25) is 0 Å². The lowest BCUT2D eigenvalue weighted by Gasteiger charge is -2.17. The maximum Gasteiger partial charge on any atom is 0.357 e. The number of rotatable bonds is 5. The van der Waals surface area contributed by atoms with Crippen molar-refractivity contribution in [1.82, 2.24) is 9.55 Å². The Morgan fingerprint density at radius 3 is 2.69 bits per heavy atom. The Labute approximate surface area is 171 Å². The van der Waals surface area contributed by atoms with E-state index in [9.17, 15) is 14.0 Å². The Bertz CT molecular complexity index is 1070. The second-order valence-electron chi connectivity index (χ2n) is 6.44. The zero-order valence-corrected chi connectivity index (χ0v) is 16.5. The van der Waals surface area contributed by atoms with E-state index in [4.69, 9.17) is 4.74 Å². The number of esters is 1. The van der Waals surface area contributed by atoms with Gasteiger partial charge in [0.05, 0.1) is 6.20 Å². The first-order chi connectivity index (χ1) is 14.1.